The molecule has 0 aliphatic heterocycles. The number of nitrogens with zero attached hydrogens (tertiary/aromatic N) is 1. The molecule has 1 aromatic heterocycles. The second-order valence-corrected chi connectivity index (χ2v) is 8.02. The largest absolute Gasteiger partial charge is 0.312 e. The van der Waals surface area contributed by atoms with Crippen molar-refractivity contribution in [1.82, 2.24) is 9.62 Å². The highest BCUT2D eigenvalue weighted by atomic mass is 79.9. The van der Waals surface area contributed by atoms with E-state index in [1.165, 1.54) is 15.6 Å². The number of nitrogens with one attached hydrogen (secondary N) is 1. The van der Waals surface area contributed by atoms with Gasteiger partial charge in [0.15, 0.2) is 0 Å². The van der Waals surface area contributed by atoms with Crippen molar-refractivity contribution in [2.24, 2.45) is 0 Å². The zero-order valence-electron chi connectivity index (χ0n) is 10.2. The van der Waals surface area contributed by atoms with E-state index in [0.717, 1.165) is 11.4 Å². The topological polar surface area (TPSA) is 49.4 Å². The van der Waals surface area contributed by atoms with Gasteiger partial charge in [0, 0.05) is 25.0 Å². The molecule has 17 heavy (non-hydrogen) atoms. The van der Waals surface area contributed by atoms with Crippen LogP contribution >= 0.6 is 27.3 Å². The predicted molar refractivity (Wildman–Crippen MR) is 74.9 cm³/mol. The maximum absolute atomic E-state index is 12.2. The zero-order chi connectivity index (χ0) is 13.1. The van der Waals surface area contributed by atoms with Crippen molar-refractivity contribution in [2.75, 3.05) is 20.1 Å². The van der Waals surface area contributed by atoms with E-state index >= 15 is 0 Å². The highest BCUT2D eigenvalue weighted by molar-refractivity contribution is 9.11. The van der Waals surface area contributed by atoms with Gasteiger partial charge < -0.3 is 5.32 Å². The minimum absolute atomic E-state index is 0.361. The lowest BCUT2D eigenvalue weighted by Crippen LogP contribution is -2.26. The zero-order valence-corrected chi connectivity index (χ0v) is 13.4. The van der Waals surface area contributed by atoms with Gasteiger partial charge in [-0.3, -0.25) is 0 Å². The Morgan fingerprint density at radius 3 is 2.65 bits per heavy atom. The molecule has 0 fully saturated rings. The number of thiophene rings is 1. The maximum atomic E-state index is 12.2. The van der Waals surface area contributed by atoms with Crippen LogP contribution in [0.2, 0.25) is 0 Å². The van der Waals surface area contributed by atoms with Crippen LogP contribution in [-0.4, -0.2) is 32.9 Å². The molecule has 0 saturated heterocycles. The fraction of sp³-hybridized carbons (Fsp3) is 0.600. The first-order valence-electron chi connectivity index (χ1n) is 5.38. The third-order valence-corrected chi connectivity index (χ3v) is 6.57. The molecule has 0 aliphatic carbocycles. The molecule has 0 aromatic carbocycles. The molecule has 0 bridgehead atoms. The van der Waals surface area contributed by atoms with Gasteiger partial charge in [-0.1, -0.05) is 13.8 Å². The Balaban J connectivity index is 3.02. The lowest BCUT2D eigenvalue weighted by atomic mass is 10.4. The molecule has 1 N–H and O–H groups in total. The van der Waals surface area contributed by atoms with Gasteiger partial charge in [0.25, 0.3) is 0 Å². The van der Waals surface area contributed by atoms with Gasteiger partial charge in [0.05, 0.1) is 3.79 Å². The minimum Gasteiger partial charge on any atom is -0.312 e. The third kappa shape index (κ3) is 3.51. The van der Waals surface area contributed by atoms with Gasteiger partial charge in [-0.15, -0.1) is 11.3 Å². The monoisotopic (exact) mass is 340 g/mol. The van der Waals surface area contributed by atoms with Crippen molar-refractivity contribution in [3.05, 3.63) is 14.7 Å². The number of hydrogen-bond acceptors (Lipinski definition) is 4. The molecule has 0 amide bonds. The molecule has 1 rings (SSSR count). The van der Waals surface area contributed by atoms with Gasteiger partial charge in [-0.05, 0) is 28.5 Å². The summed E-state index contributed by atoms with van der Waals surface area (Å²) in [7, 11) is -1.77. The van der Waals surface area contributed by atoms with Crippen LogP contribution in [0, 0.1) is 0 Å². The number of hydrogen-bond donors (Lipinski definition) is 1. The Labute approximate surface area is 115 Å². The quantitative estimate of drug-likeness (QED) is 0.864. The van der Waals surface area contributed by atoms with Crippen LogP contribution in [0.15, 0.2) is 14.7 Å². The number of sulfonamides is 1. The Morgan fingerprint density at radius 2 is 2.12 bits per heavy atom. The summed E-state index contributed by atoms with van der Waals surface area (Å²) in [5, 5.41) is 3.18. The first-order valence-corrected chi connectivity index (χ1v) is 8.43. The van der Waals surface area contributed by atoms with Gasteiger partial charge in [0.2, 0.25) is 10.0 Å². The number of rotatable bonds is 6. The Morgan fingerprint density at radius 1 is 1.47 bits per heavy atom. The molecule has 1 aromatic rings. The Hall–Kier alpha value is 0.0500. The van der Waals surface area contributed by atoms with Gasteiger partial charge in [0.1, 0.15) is 4.90 Å². The molecular weight excluding hydrogens is 324 g/mol. The van der Waals surface area contributed by atoms with Crippen LogP contribution in [0.25, 0.3) is 0 Å². The minimum atomic E-state index is -3.35. The average Bonchev–Trinajstić information content (AvgIpc) is 2.67. The molecule has 1 heterocycles. The highest BCUT2D eigenvalue weighted by Gasteiger charge is 2.24. The van der Waals surface area contributed by atoms with Crippen LogP contribution < -0.4 is 5.32 Å². The van der Waals surface area contributed by atoms with Crippen molar-refractivity contribution in [1.29, 1.82) is 0 Å². The Bertz CT molecular complexity index is 471. The third-order valence-electron chi connectivity index (χ3n) is 2.39. The van der Waals surface area contributed by atoms with Crippen LogP contribution in [0.5, 0.6) is 0 Å². The molecule has 4 nitrogen and oxygen atoms in total. The van der Waals surface area contributed by atoms with Crippen molar-refractivity contribution < 1.29 is 8.42 Å². The summed E-state index contributed by atoms with van der Waals surface area (Å²) < 4.78 is 26.3. The Kier molecular flexibility index (Phi) is 5.59. The molecule has 0 saturated carbocycles. The van der Waals surface area contributed by atoms with E-state index in [2.05, 4.69) is 21.2 Å². The van der Waals surface area contributed by atoms with Crippen LogP contribution in [0.3, 0.4) is 0 Å². The van der Waals surface area contributed by atoms with E-state index in [9.17, 15) is 8.42 Å². The molecule has 0 spiro atoms. The van der Waals surface area contributed by atoms with E-state index in [0.29, 0.717) is 21.8 Å². The first kappa shape index (κ1) is 15.1. The molecule has 0 atom stereocenters. The molecular formula is C10H17BrN2O2S2. The fourth-order valence-corrected chi connectivity index (χ4v) is 5.02. The molecule has 0 aliphatic rings. The van der Waals surface area contributed by atoms with E-state index in [4.69, 9.17) is 0 Å². The number of halogens is 1. The van der Waals surface area contributed by atoms with E-state index < -0.39 is 10.0 Å². The van der Waals surface area contributed by atoms with Crippen molar-refractivity contribution in [3.8, 4) is 0 Å². The lowest BCUT2D eigenvalue weighted by molar-refractivity contribution is 0.486. The van der Waals surface area contributed by atoms with E-state index in [1.807, 2.05) is 13.8 Å². The fourth-order valence-electron chi connectivity index (χ4n) is 1.25. The van der Waals surface area contributed by atoms with Crippen LogP contribution in [0.4, 0.5) is 0 Å². The van der Waals surface area contributed by atoms with Crippen molar-refractivity contribution >= 4 is 37.3 Å². The van der Waals surface area contributed by atoms with Crippen molar-refractivity contribution in [3.63, 3.8) is 0 Å². The second-order valence-electron chi connectivity index (χ2n) is 3.55. The molecule has 7 heteroatoms. The van der Waals surface area contributed by atoms with Crippen LogP contribution in [-0.2, 0) is 16.6 Å². The van der Waals surface area contributed by atoms with Crippen molar-refractivity contribution in [2.45, 2.75) is 25.3 Å². The van der Waals surface area contributed by atoms with Gasteiger partial charge >= 0.3 is 0 Å². The van der Waals surface area contributed by atoms with Gasteiger partial charge in [-0.25, -0.2) is 12.7 Å². The average molecular weight is 341 g/mol. The molecule has 0 unspecified atom stereocenters. The normalized spacial score (nSPS) is 12.3. The maximum Gasteiger partial charge on any atom is 0.244 e. The lowest BCUT2D eigenvalue weighted by Gasteiger charge is -2.13. The smallest absolute Gasteiger partial charge is 0.244 e. The van der Waals surface area contributed by atoms with E-state index in [-0.39, 0.29) is 0 Å². The summed E-state index contributed by atoms with van der Waals surface area (Å²) in [6, 6.07) is 1.74. The van der Waals surface area contributed by atoms with E-state index in [1.54, 1.807) is 13.1 Å². The predicted octanol–water partition coefficient (Wildman–Crippen LogP) is 2.26. The second kappa shape index (κ2) is 6.29. The molecule has 98 valence electrons. The molecule has 0 radical (unpaired) electrons. The van der Waals surface area contributed by atoms with Crippen LogP contribution in [0.1, 0.15) is 18.7 Å². The standard InChI is InChI=1S/C10H17BrN2O2S2/c1-4-12-7-8-6-9(10(11)16-8)17(14,15)13(3)5-2/h6,12H,4-5,7H2,1-3H3. The SMILES string of the molecule is CCNCc1cc(S(=O)(=O)N(C)CC)c(Br)s1. The highest BCUT2D eigenvalue weighted by Crippen LogP contribution is 2.33. The summed E-state index contributed by atoms with van der Waals surface area (Å²) in [6.45, 7) is 5.87. The summed E-state index contributed by atoms with van der Waals surface area (Å²) in [5.74, 6) is 0. The summed E-state index contributed by atoms with van der Waals surface area (Å²) in [4.78, 5) is 1.38. The van der Waals surface area contributed by atoms with Gasteiger partial charge in [-0.2, -0.15) is 0 Å². The summed E-state index contributed by atoms with van der Waals surface area (Å²) in [6.07, 6.45) is 0. The first-order chi connectivity index (χ1) is 7.93. The summed E-state index contributed by atoms with van der Waals surface area (Å²) >= 11 is 4.78. The summed E-state index contributed by atoms with van der Waals surface area (Å²) in [5.41, 5.74) is 0.